The highest BCUT2D eigenvalue weighted by atomic mass is 19.2. The molecule has 1 aromatic heterocycles. The molecular formula is C13H14F2N2. The first-order valence-electron chi connectivity index (χ1n) is 5.77. The molecule has 1 aliphatic rings. The second-order valence-electron chi connectivity index (χ2n) is 4.68. The molecule has 17 heavy (non-hydrogen) atoms. The van der Waals surface area contributed by atoms with Gasteiger partial charge < -0.3 is 9.88 Å². The fourth-order valence-corrected chi connectivity index (χ4v) is 2.80. The Morgan fingerprint density at radius 2 is 2.18 bits per heavy atom. The summed E-state index contributed by atoms with van der Waals surface area (Å²) in [7, 11) is 1.90. The molecule has 0 radical (unpaired) electrons. The molecule has 2 aromatic rings. The maximum Gasteiger partial charge on any atom is 0.168 e. The van der Waals surface area contributed by atoms with E-state index in [2.05, 4.69) is 5.32 Å². The monoisotopic (exact) mass is 236 g/mol. The molecule has 1 aliphatic heterocycles. The molecule has 0 amide bonds. The van der Waals surface area contributed by atoms with E-state index < -0.39 is 11.6 Å². The van der Waals surface area contributed by atoms with Gasteiger partial charge in [0.2, 0.25) is 0 Å². The number of rotatable bonds is 1. The smallest absolute Gasteiger partial charge is 0.168 e. The summed E-state index contributed by atoms with van der Waals surface area (Å²) in [5, 5.41) is 3.61. The van der Waals surface area contributed by atoms with E-state index >= 15 is 0 Å². The molecule has 2 atom stereocenters. The van der Waals surface area contributed by atoms with Gasteiger partial charge in [0.1, 0.15) is 0 Å². The van der Waals surface area contributed by atoms with Crippen LogP contribution < -0.4 is 5.32 Å². The first-order valence-corrected chi connectivity index (χ1v) is 5.77. The SMILES string of the molecule is CN[C@@H]1Cn2ccc3c(F)c(F)cc(c32)[C@@H]1C. The minimum atomic E-state index is -0.756. The molecule has 0 aliphatic carbocycles. The van der Waals surface area contributed by atoms with Crippen molar-refractivity contribution in [3.05, 3.63) is 35.5 Å². The Morgan fingerprint density at radius 3 is 2.88 bits per heavy atom. The number of hydrogen-bond acceptors (Lipinski definition) is 1. The van der Waals surface area contributed by atoms with Crippen LogP contribution in [0.5, 0.6) is 0 Å². The Labute approximate surface area is 98.2 Å². The number of nitrogens with one attached hydrogen (secondary N) is 1. The van der Waals surface area contributed by atoms with Crippen molar-refractivity contribution in [3.8, 4) is 0 Å². The summed E-state index contributed by atoms with van der Waals surface area (Å²) >= 11 is 0. The Balaban J connectivity index is 2.34. The number of benzene rings is 1. The van der Waals surface area contributed by atoms with Crippen molar-refractivity contribution in [2.45, 2.75) is 25.4 Å². The number of nitrogens with zero attached hydrogens (tertiary/aromatic N) is 1. The third kappa shape index (κ3) is 1.33. The van der Waals surface area contributed by atoms with E-state index in [1.807, 2.05) is 24.7 Å². The molecule has 0 unspecified atom stereocenters. The van der Waals surface area contributed by atoms with Crippen molar-refractivity contribution < 1.29 is 8.78 Å². The highest BCUT2D eigenvalue weighted by Gasteiger charge is 2.28. The van der Waals surface area contributed by atoms with Crippen molar-refractivity contribution in [1.82, 2.24) is 9.88 Å². The fraction of sp³-hybridized carbons (Fsp3) is 0.385. The highest BCUT2D eigenvalue weighted by molar-refractivity contribution is 5.85. The summed E-state index contributed by atoms with van der Waals surface area (Å²) in [5.41, 5.74) is 1.72. The first-order chi connectivity index (χ1) is 8.13. The molecule has 2 nitrogen and oxygen atoms in total. The minimum Gasteiger partial charge on any atom is -0.346 e. The van der Waals surface area contributed by atoms with E-state index in [0.29, 0.717) is 5.39 Å². The highest BCUT2D eigenvalue weighted by Crippen LogP contribution is 2.35. The molecule has 1 aromatic carbocycles. The first kappa shape index (κ1) is 10.7. The fourth-order valence-electron chi connectivity index (χ4n) is 2.80. The Hall–Kier alpha value is -1.42. The van der Waals surface area contributed by atoms with Crippen molar-refractivity contribution in [1.29, 1.82) is 0 Å². The summed E-state index contributed by atoms with van der Waals surface area (Å²) in [6.07, 6.45) is 1.83. The van der Waals surface area contributed by atoms with Crippen molar-refractivity contribution in [3.63, 3.8) is 0 Å². The summed E-state index contributed by atoms with van der Waals surface area (Å²) < 4.78 is 29.2. The second-order valence-corrected chi connectivity index (χ2v) is 4.68. The second kappa shape index (κ2) is 3.53. The van der Waals surface area contributed by atoms with Gasteiger partial charge in [-0.25, -0.2) is 8.78 Å². The Kier molecular flexibility index (Phi) is 2.23. The number of likely N-dealkylation sites (N-methyl/N-ethyl adjacent to an activating group) is 1. The van der Waals surface area contributed by atoms with Gasteiger partial charge >= 0.3 is 0 Å². The Morgan fingerprint density at radius 1 is 1.41 bits per heavy atom. The van der Waals surface area contributed by atoms with E-state index in [9.17, 15) is 8.78 Å². The summed E-state index contributed by atoms with van der Waals surface area (Å²) in [5.74, 6) is -1.31. The number of halogens is 2. The molecule has 0 fully saturated rings. The van der Waals surface area contributed by atoms with Gasteiger partial charge in [0.15, 0.2) is 11.6 Å². The van der Waals surface area contributed by atoms with Gasteiger partial charge in [0, 0.05) is 30.1 Å². The summed E-state index contributed by atoms with van der Waals surface area (Å²) in [6, 6.07) is 3.24. The van der Waals surface area contributed by atoms with Gasteiger partial charge in [-0.2, -0.15) is 0 Å². The van der Waals surface area contributed by atoms with E-state index in [4.69, 9.17) is 0 Å². The predicted molar refractivity (Wildman–Crippen MR) is 63.1 cm³/mol. The lowest BCUT2D eigenvalue weighted by Gasteiger charge is -2.30. The van der Waals surface area contributed by atoms with Crippen LogP contribution in [0.2, 0.25) is 0 Å². The largest absolute Gasteiger partial charge is 0.346 e. The van der Waals surface area contributed by atoms with Gasteiger partial charge in [-0.3, -0.25) is 0 Å². The zero-order valence-electron chi connectivity index (χ0n) is 9.80. The van der Waals surface area contributed by atoms with Gasteiger partial charge in [-0.15, -0.1) is 0 Å². The van der Waals surface area contributed by atoms with Crippen LogP contribution in [0.25, 0.3) is 10.9 Å². The lowest BCUT2D eigenvalue weighted by atomic mass is 9.89. The van der Waals surface area contributed by atoms with Crippen LogP contribution in [0, 0.1) is 11.6 Å². The predicted octanol–water partition coefficient (Wildman–Crippen LogP) is 2.62. The van der Waals surface area contributed by atoms with Gasteiger partial charge in [-0.05, 0) is 24.7 Å². The minimum absolute atomic E-state index is 0.181. The van der Waals surface area contributed by atoms with E-state index in [1.165, 1.54) is 6.07 Å². The van der Waals surface area contributed by atoms with E-state index in [-0.39, 0.29) is 12.0 Å². The van der Waals surface area contributed by atoms with Crippen LogP contribution in [0.3, 0.4) is 0 Å². The van der Waals surface area contributed by atoms with E-state index in [1.54, 1.807) is 6.07 Å². The average Bonchev–Trinajstić information content (AvgIpc) is 2.74. The lowest BCUT2D eigenvalue weighted by Crippen LogP contribution is -2.37. The van der Waals surface area contributed by atoms with Gasteiger partial charge in [-0.1, -0.05) is 6.92 Å². The average molecular weight is 236 g/mol. The zero-order valence-corrected chi connectivity index (χ0v) is 9.80. The number of aromatic nitrogens is 1. The van der Waals surface area contributed by atoms with Crippen LogP contribution in [0.1, 0.15) is 18.4 Å². The summed E-state index contributed by atoms with van der Waals surface area (Å²) in [6.45, 7) is 2.84. The summed E-state index contributed by atoms with van der Waals surface area (Å²) in [4.78, 5) is 0. The van der Waals surface area contributed by atoms with Gasteiger partial charge in [0.05, 0.1) is 5.52 Å². The maximum atomic E-state index is 13.7. The molecule has 1 N–H and O–H groups in total. The van der Waals surface area contributed by atoms with Crippen LogP contribution in [-0.4, -0.2) is 17.7 Å². The molecule has 90 valence electrons. The lowest BCUT2D eigenvalue weighted by molar-refractivity contribution is 0.411. The normalized spacial score (nSPS) is 23.3. The van der Waals surface area contributed by atoms with Crippen LogP contribution in [0.15, 0.2) is 18.3 Å². The quantitative estimate of drug-likeness (QED) is 0.805. The maximum absolute atomic E-state index is 13.7. The third-order valence-electron chi connectivity index (χ3n) is 3.82. The van der Waals surface area contributed by atoms with Gasteiger partial charge in [0.25, 0.3) is 0 Å². The van der Waals surface area contributed by atoms with Crippen LogP contribution >= 0.6 is 0 Å². The molecule has 0 bridgehead atoms. The molecule has 0 saturated carbocycles. The molecule has 0 saturated heterocycles. The number of hydrogen-bond donors (Lipinski definition) is 1. The molecule has 4 heteroatoms. The van der Waals surface area contributed by atoms with E-state index in [0.717, 1.165) is 17.6 Å². The van der Waals surface area contributed by atoms with Crippen molar-refractivity contribution >= 4 is 10.9 Å². The van der Waals surface area contributed by atoms with Crippen LogP contribution in [0.4, 0.5) is 8.78 Å². The topological polar surface area (TPSA) is 17.0 Å². The van der Waals surface area contributed by atoms with Crippen LogP contribution in [-0.2, 0) is 6.54 Å². The Bertz CT molecular complexity index is 589. The molecule has 3 rings (SSSR count). The third-order valence-corrected chi connectivity index (χ3v) is 3.82. The van der Waals surface area contributed by atoms with Crippen molar-refractivity contribution in [2.75, 3.05) is 7.05 Å². The molecular weight excluding hydrogens is 222 g/mol. The standard InChI is InChI=1S/C13H14F2N2/c1-7-9-5-10(14)12(15)8-3-4-17(13(8)9)6-11(7)16-2/h3-5,7,11,16H,6H2,1-2H3/t7-,11+/m0/s1. The molecule has 0 spiro atoms. The van der Waals surface area contributed by atoms with Crippen molar-refractivity contribution in [2.24, 2.45) is 0 Å². The molecule has 2 heterocycles. The zero-order chi connectivity index (χ0) is 12.2.